The molecule has 2 aromatic heterocycles. The van der Waals surface area contributed by atoms with Crippen molar-refractivity contribution < 1.29 is 5.11 Å². The van der Waals surface area contributed by atoms with E-state index in [0.717, 1.165) is 18.9 Å². The van der Waals surface area contributed by atoms with E-state index in [1.807, 2.05) is 12.4 Å². The van der Waals surface area contributed by atoms with Crippen LogP contribution in [-0.2, 0) is 12.1 Å². The summed E-state index contributed by atoms with van der Waals surface area (Å²) in [5.74, 6) is 1.03. The Kier molecular flexibility index (Phi) is 3.31. The van der Waals surface area contributed by atoms with Gasteiger partial charge in [0.1, 0.15) is 17.1 Å². The van der Waals surface area contributed by atoms with E-state index in [9.17, 15) is 5.11 Å². The molecule has 7 heteroatoms. The molecule has 2 aromatic rings. The minimum atomic E-state index is -0.901. The molecule has 1 atom stereocenters. The van der Waals surface area contributed by atoms with Gasteiger partial charge in [-0.05, 0) is 20.3 Å². The Hall–Kier alpha value is -1.73. The van der Waals surface area contributed by atoms with E-state index in [2.05, 4.69) is 43.7 Å². The van der Waals surface area contributed by atoms with E-state index in [0.29, 0.717) is 24.7 Å². The van der Waals surface area contributed by atoms with Gasteiger partial charge in [-0.1, -0.05) is 0 Å². The summed E-state index contributed by atoms with van der Waals surface area (Å²) in [4.78, 5) is 6.62. The van der Waals surface area contributed by atoms with Crippen LogP contribution in [-0.4, -0.2) is 48.1 Å². The van der Waals surface area contributed by atoms with E-state index >= 15 is 0 Å². The van der Waals surface area contributed by atoms with E-state index < -0.39 is 5.60 Å². The van der Waals surface area contributed by atoms with Crippen molar-refractivity contribution in [3.63, 3.8) is 0 Å². The second kappa shape index (κ2) is 4.99. The Balaban J connectivity index is 1.70. The van der Waals surface area contributed by atoms with E-state index in [-0.39, 0.29) is 0 Å². The summed E-state index contributed by atoms with van der Waals surface area (Å²) in [7, 11) is 0. The van der Waals surface area contributed by atoms with Gasteiger partial charge in [0.25, 0.3) is 0 Å². The SMILES string of the molecule is CC(C)n1ccnc1CN1CC[C@](O)(c2cn[nH]n2)C1. The summed E-state index contributed by atoms with van der Waals surface area (Å²) in [6.45, 7) is 6.41. The normalized spacial score (nSPS) is 23.8. The zero-order chi connectivity index (χ0) is 14.2. The zero-order valence-electron chi connectivity index (χ0n) is 11.8. The molecule has 0 bridgehead atoms. The molecule has 0 unspecified atom stereocenters. The summed E-state index contributed by atoms with van der Waals surface area (Å²) in [5, 5.41) is 21.0. The standard InChI is InChI=1S/C13H20N6O/c1-10(2)19-6-4-14-12(19)8-18-5-3-13(20,9-18)11-7-15-17-16-11/h4,6-7,10,20H,3,5,8-9H2,1-2H3,(H,15,16,17)/t13-/m1/s1. The minimum Gasteiger partial charge on any atom is -0.382 e. The monoisotopic (exact) mass is 276 g/mol. The number of likely N-dealkylation sites (tertiary alicyclic amines) is 1. The highest BCUT2D eigenvalue weighted by molar-refractivity contribution is 5.10. The van der Waals surface area contributed by atoms with Gasteiger partial charge >= 0.3 is 0 Å². The zero-order valence-corrected chi connectivity index (χ0v) is 11.8. The molecule has 0 amide bonds. The van der Waals surface area contributed by atoms with Crippen molar-refractivity contribution in [1.29, 1.82) is 0 Å². The second-order valence-electron chi connectivity index (χ2n) is 5.69. The highest BCUT2D eigenvalue weighted by atomic mass is 16.3. The second-order valence-corrected chi connectivity index (χ2v) is 5.69. The molecule has 0 radical (unpaired) electrons. The first-order valence-electron chi connectivity index (χ1n) is 6.91. The lowest BCUT2D eigenvalue weighted by atomic mass is 10.0. The minimum absolute atomic E-state index is 0.393. The molecule has 1 saturated heterocycles. The number of nitrogens with one attached hydrogen (secondary N) is 1. The van der Waals surface area contributed by atoms with Gasteiger partial charge in [-0.25, -0.2) is 4.98 Å². The number of imidazole rings is 1. The molecular formula is C13H20N6O. The van der Waals surface area contributed by atoms with E-state index in [1.54, 1.807) is 6.20 Å². The summed E-state index contributed by atoms with van der Waals surface area (Å²) >= 11 is 0. The summed E-state index contributed by atoms with van der Waals surface area (Å²) < 4.78 is 2.16. The lowest BCUT2D eigenvalue weighted by molar-refractivity contribution is 0.0404. The average molecular weight is 276 g/mol. The first kappa shape index (κ1) is 13.3. The molecule has 0 spiro atoms. The first-order valence-corrected chi connectivity index (χ1v) is 6.91. The maximum atomic E-state index is 10.6. The van der Waals surface area contributed by atoms with Crippen molar-refractivity contribution in [3.8, 4) is 0 Å². The highest BCUT2D eigenvalue weighted by Crippen LogP contribution is 2.30. The van der Waals surface area contributed by atoms with Crippen molar-refractivity contribution >= 4 is 0 Å². The Morgan fingerprint density at radius 2 is 2.35 bits per heavy atom. The highest BCUT2D eigenvalue weighted by Gasteiger charge is 2.39. The molecule has 1 aliphatic rings. The van der Waals surface area contributed by atoms with Crippen LogP contribution in [0.3, 0.4) is 0 Å². The van der Waals surface area contributed by atoms with Gasteiger partial charge in [0.2, 0.25) is 0 Å². The molecule has 0 aliphatic carbocycles. The fourth-order valence-electron chi connectivity index (χ4n) is 2.78. The summed E-state index contributed by atoms with van der Waals surface area (Å²) in [5.41, 5.74) is -0.283. The number of aromatic nitrogens is 5. The van der Waals surface area contributed by atoms with E-state index in [4.69, 9.17) is 0 Å². The maximum Gasteiger partial charge on any atom is 0.124 e. The van der Waals surface area contributed by atoms with Gasteiger partial charge in [-0.3, -0.25) is 4.90 Å². The van der Waals surface area contributed by atoms with Gasteiger partial charge in [-0.15, -0.1) is 0 Å². The average Bonchev–Trinajstić information content (AvgIpc) is 3.10. The van der Waals surface area contributed by atoms with E-state index in [1.165, 1.54) is 0 Å². The molecule has 3 heterocycles. The number of hydrogen-bond donors (Lipinski definition) is 2. The van der Waals surface area contributed by atoms with Gasteiger partial charge in [0.05, 0.1) is 12.7 Å². The van der Waals surface area contributed by atoms with Crippen molar-refractivity contribution in [2.24, 2.45) is 0 Å². The Morgan fingerprint density at radius 1 is 1.50 bits per heavy atom. The topological polar surface area (TPSA) is 82.9 Å². The summed E-state index contributed by atoms with van der Waals surface area (Å²) in [6, 6.07) is 0.393. The number of β-amino-alcohol motifs (C(OH)–C–C–N with tert-alkyl or cyclic N) is 1. The first-order chi connectivity index (χ1) is 9.58. The van der Waals surface area contributed by atoms with Gasteiger partial charge < -0.3 is 9.67 Å². The lowest BCUT2D eigenvalue weighted by Crippen LogP contribution is -2.31. The molecule has 1 fully saturated rings. The van der Waals surface area contributed by atoms with Crippen molar-refractivity contribution in [2.45, 2.75) is 38.5 Å². The number of hydrogen-bond acceptors (Lipinski definition) is 5. The van der Waals surface area contributed by atoms with Crippen LogP contribution in [0.5, 0.6) is 0 Å². The van der Waals surface area contributed by atoms with Crippen LogP contribution >= 0.6 is 0 Å². The summed E-state index contributed by atoms with van der Waals surface area (Å²) in [6.07, 6.45) is 6.09. The quantitative estimate of drug-likeness (QED) is 0.858. The van der Waals surface area contributed by atoms with Crippen LogP contribution < -0.4 is 0 Å². The van der Waals surface area contributed by atoms with Gasteiger partial charge in [0.15, 0.2) is 0 Å². The lowest BCUT2D eigenvalue weighted by Gasteiger charge is -2.21. The van der Waals surface area contributed by atoms with Crippen molar-refractivity contribution in [2.75, 3.05) is 13.1 Å². The molecule has 108 valence electrons. The third-order valence-corrected chi connectivity index (χ3v) is 3.89. The predicted molar refractivity (Wildman–Crippen MR) is 72.8 cm³/mol. The van der Waals surface area contributed by atoms with Crippen LogP contribution in [0.4, 0.5) is 0 Å². The predicted octanol–water partition coefficient (Wildman–Crippen LogP) is 0.676. The maximum absolute atomic E-state index is 10.6. The third kappa shape index (κ3) is 2.34. The van der Waals surface area contributed by atoms with Crippen LogP contribution in [0.1, 0.15) is 37.8 Å². The molecule has 0 saturated carbocycles. The Bertz CT molecular complexity index is 563. The Morgan fingerprint density at radius 3 is 3.05 bits per heavy atom. The fourth-order valence-corrected chi connectivity index (χ4v) is 2.78. The molecule has 1 aliphatic heterocycles. The van der Waals surface area contributed by atoms with Gasteiger partial charge in [0, 0.05) is 31.5 Å². The molecular weight excluding hydrogens is 256 g/mol. The van der Waals surface area contributed by atoms with Crippen LogP contribution in [0, 0.1) is 0 Å². The molecule has 7 nitrogen and oxygen atoms in total. The molecule has 3 rings (SSSR count). The smallest absolute Gasteiger partial charge is 0.124 e. The Labute approximate surface area is 117 Å². The largest absolute Gasteiger partial charge is 0.382 e. The molecule has 2 N–H and O–H groups in total. The third-order valence-electron chi connectivity index (χ3n) is 3.89. The number of rotatable bonds is 4. The van der Waals surface area contributed by atoms with Crippen LogP contribution in [0.2, 0.25) is 0 Å². The molecule has 0 aromatic carbocycles. The number of aliphatic hydroxyl groups is 1. The van der Waals surface area contributed by atoms with Crippen molar-refractivity contribution in [3.05, 3.63) is 30.1 Å². The number of nitrogens with zero attached hydrogens (tertiary/aromatic N) is 5. The van der Waals surface area contributed by atoms with Crippen molar-refractivity contribution in [1.82, 2.24) is 29.9 Å². The van der Waals surface area contributed by atoms with Crippen LogP contribution in [0.25, 0.3) is 0 Å². The number of aromatic amines is 1. The number of H-pyrrole nitrogens is 1. The molecule has 20 heavy (non-hydrogen) atoms. The van der Waals surface area contributed by atoms with Gasteiger partial charge in [-0.2, -0.15) is 15.4 Å². The fraction of sp³-hybridized carbons (Fsp3) is 0.615. The van der Waals surface area contributed by atoms with Crippen LogP contribution in [0.15, 0.2) is 18.6 Å².